The predicted octanol–water partition coefficient (Wildman–Crippen LogP) is 8.66. The van der Waals surface area contributed by atoms with Crippen LogP contribution in [0.15, 0.2) is 48.8 Å². The number of anilines is 2. The lowest BCUT2D eigenvalue weighted by molar-refractivity contribution is -0.143. The van der Waals surface area contributed by atoms with Crippen LogP contribution in [0.4, 0.5) is 51.1 Å². The summed E-state index contributed by atoms with van der Waals surface area (Å²) in [5.41, 5.74) is -3.91. The Kier molecular flexibility index (Phi) is 11.1. The molecule has 3 atom stereocenters. The van der Waals surface area contributed by atoms with Crippen LogP contribution in [0.5, 0.6) is 5.75 Å². The second-order valence-corrected chi connectivity index (χ2v) is 12.2. The summed E-state index contributed by atoms with van der Waals surface area (Å²) in [6.07, 6.45) is -11.0. The van der Waals surface area contributed by atoms with Gasteiger partial charge in [-0.15, -0.1) is 0 Å². The molecular weight excluding hydrogens is 663 g/mol. The van der Waals surface area contributed by atoms with Crippen molar-refractivity contribution in [2.75, 3.05) is 41.5 Å². The van der Waals surface area contributed by atoms with E-state index >= 15 is 0 Å². The van der Waals surface area contributed by atoms with Gasteiger partial charge < -0.3 is 19.3 Å². The first kappa shape index (κ1) is 36.4. The van der Waals surface area contributed by atoms with Crippen LogP contribution in [0.25, 0.3) is 0 Å². The SMILES string of the molecule is CSCCOc1cnc(N(Cc2cc(C(F)(F)F)ccc2N2CC(C)OC(C)C2)C(C)c2cc(C(F)(F)F)cc(C(F)(F)F)c2)nc1. The van der Waals surface area contributed by atoms with Gasteiger partial charge in [0.25, 0.3) is 0 Å². The highest BCUT2D eigenvalue weighted by Crippen LogP contribution is 2.40. The highest BCUT2D eigenvalue weighted by Gasteiger charge is 2.38. The average molecular weight is 697 g/mol. The van der Waals surface area contributed by atoms with Crippen LogP contribution in [0.3, 0.4) is 0 Å². The highest BCUT2D eigenvalue weighted by molar-refractivity contribution is 7.98. The second-order valence-electron chi connectivity index (χ2n) is 11.2. The number of hydrogen-bond donors (Lipinski definition) is 0. The fourth-order valence-electron chi connectivity index (χ4n) is 5.31. The van der Waals surface area contributed by atoms with E-state index in [0.29, 0.717) is 43.3 Å². The van der Waals surface area contributed by atoms with Crippen LogP contribution < -0.4 is 14.5 Å². The van der Waals surface area contributed by atoms with Crippen molar-refractivity contribution >= 4 is 23.4 Å². The highest BCUT2D eigenvalue weighted by atomic mass is 32.2. The van der Waals surface area contributed by atoms with Crippen molar-refractivity contribution in [3.8, 4) is 5.75 Å². The Morgan fingerprint density at radius 1 is 0.872 bits per heavy atom. The van der Waals surface area contributed by atoms with E-state index in [9.17, 15) is 39.5 Å². The van der Waals surface area contributed by atoms with Gasteiger partial charge in [0.05, 0.1) is 53.9 Å². The Labute approximate surface area is 270 Å². The van der Waals surface area contributed by atoms with Crippen molar-refractivity contribution in [2.24, 2.45) is 0 Å². The summed E-state index contributed by atoms with van der Waals surface area (Å²) in [5, 5.41) is 0. The molecule has 0 radical (unpaired) electrons. The van der Waals surface area contributed by atoms with Crippen LogP contribution in [0.1, 0.15) is 54.6 Å². The van der Waals surface area contributed by atoms with Gasteiger partial charge in [0, 0.05) is 31.1 Å². The summed E-state index contributed by atoms with van der Waals surface area (Å²) in [7, 11) is 0. The third-order valence-corrected chi connectivity index (χ3v) is 8.07. The van der Waals surface area contributed by atoms with Gasteiger partial charge in [-0.25, -0.2) is 9.97 Å². The van der Waals surface area contributed by atoms with E-state index in [1.807, 2.05) is 25.0 Å². The van der Waals surface area contributed by atoms with Crippen molar-refractivity contribution in [2.45, 2.75) is 64.1 Å². The van der Waals surface area contributed by atoms with Gasteiger partial charge in [0.15, 0.2) is 5.75 Å². The minimum absolute atomic E-state index is 0.0173. The molecule has 1 fully saturated rings. The van der Waals surface area contributed by atoms with E-state index in [0.717, 1.165) is 12.1 Å². The summed E-state index contributed by atoms with van der Waals surface area (Å²) < 4.78 is 136. The second kappa shape index (κ2) is 14.4. The lowest BCUT2D eigenvalue weighted by Crippen LogP contribution is -2.46. The molecule has 4 rings (SSSR count). The van der Waals surface area contributed by atoms with E-state index in [1.54, 1.807) is 0 Å². The van der Waals surface area contributed by atoms with Crippen LogP contribution >= 0.6 is 11.8 Å². The number of thioether (sulfide) groups is 1. The Morgan fingerprint density at radius 2 is 1.43 bits per heavy atom. The van der Waals surface area contributed by atoms with Gasteiger partial charge in [-0.1, -0.05) is 0 Å². The number of hydrogen-bond acceptors (Lipinski definition) is 7. The minimum Gasteiger partial charge on any atom is -0.489 e. The van der Waals surface area contributed by atoms with Crippen molar-refractivity contribution in [3.63, 3.8) is 0 Å². The van der Waals surface area contributed by atoms with Gasteiger partial charge in [-0.2, -0.15) is 51.3 Å². The van der Waals surface area contributed by atoms with Gasteiger partial charge in [-0.05, 0) is 74.6 Å². The maximum absolute atomic E-state index is 13.9. The normalized spacial score (nSPS) is 18.3. The first-order valence-corrected chi connectivity index (χ1v) is 15.9. The van der Waals surface area contributed by atoms with Gasteiger partial charge in [0.2, 0.25) is 5.95 Å². The van der Waals surface area contributed by atoms with Crippen molar-refractivity contribution in [1.29, 1.82) is 0 Å². The zero-order valence-corrected chi connectivity index (χ0v) is 26.6. The first-order chi connectivity index (χ1) is 21.9. The molecular formula is C31H33F9N4O2S. The monoisotopic (exact) mass is 696 g/mol. The molecule has 0 aliphatic carbocycles. The zero-order valence-electron chi connectivity index (χ0n) is 25.8. The minimum atomic E-state index is -5.11. The van der Waals surface area contributed by atoms with E-state index in [2.05, 4.69) is 9.97 Å². The average Bonchev–Trinajstić information content (AvgIpc) is 2.98. The number of rotatable bonds is 10. The summed E-state index contributed by atoms with van der Waals surface area (Å²) in [4.78, 5) is 11.6. The number of ether oxygens (including phenoxy) is 2. The number of alkyl halides is 9. The molecule has 1 aromatic heterocycles. The number of morpholine rings is 1. The van der Waals surface area contributed by atoms with Crippen LogP contribution in [0.2, 0.25) is 0 Å². The third kappa shape index (κ3) is 9.36. The molecule has 0 spiro atoms. The summed E-state index contributed by atoms with van der Waals surface area (Å²) >= 11 is 1.53. The fourth-order valence-corrected chi connectivity index (χ4v) is 5.56. The molecule has 16 heteroatoms. The van der Waals surface area contributed by atoms with Crippen molar-refractivity contribution in [3.05, 3.63) is 76.6 Å². The molecule has 258 valence electrons. The fraction of sp³-hybridized carbons (Fsp3) is 0.484. The number of benzene rings is 2. The smallest absolute Gasteiger partial charge is 0.416 e. The number of aromatic nitrogens is 2. The maximum Gasteiger partial charge on any atom is 0.416 e. The molecule has 3 unspecified atom stereocenters. The molecule has 3 aromatic rings. The maximum atomic E-state index is 13.9. The number of halogens is 9. The van der Waals surface area contributed by atoms with Crippen molar-refractivity contribution in [1.82, 2.24) is 9.97 Å². The Hall–Kier alpha value is -3.40. The molecule has 0 N–H and O–H groups in total. The van der Waals surface area contributed by atoms with E-state index in [-0.39, 0.29) is 35.5 Å². The first-order valence-electron chi connectivity index (χ1n) is 14.5. The molecule has 1 aliphatic rings. The van der Waals surface area contributed by atoms with E-state index in [4.69, 9.17) is 9.47 Å². The molecule has 1 aliphatic heterocycles. The zero-order chi connectivity index (χ0) is 34.7. The Balaban J connectivity index is 1.86. The van der Waals surface area contributed by atoms with E-state index < -0.39 is 53.4 Å². The predicted molar refractivity (Wildman–Crippen MR) is 161 cm³/mol. The van der Waals surface area contributed by atoms with Crippen molar-refractivity contribution < 1.29 is 49.0 Å². The van der Waals surface area contributed by atoms with Gasteiger partial charge >= 0.3 is 18.5 Å². The largest absolute Gasteiger partial charge is 0.489 e. The molecule has 0 amide bonds. The molecule has 2 heterocycles. The standard InChI is InChI=1S/C31H33F9N4O2S/c1-18-15-43(16-19(2)46-18)27-6-5-23(29(32,33)34)11-22(27)17-44(28-41-13-26(14-42-28)45-7-8-47-4)20(3)21-9-24(30(35,36)37)12-25(10-21)31(38,39)40/h5-6,9-14,18-20H,7-8,15-17H2,1-4H3. The van der Waals surface area contributed by atoms with Crippen LogP contribution in [0, 0.1) is 0 Å². The Bertz CT molecular complexity index is 1460. The summed E-state index contributed by atoms with van der Waals surface area (Å²) in [5.74, 6) is 0.761. The third-order valence-electron chi connectivity index (χ3n) is 7.50. The summed E-state index contributed by atoms with van der Waals surface area (Å²) in [6, 6.07) is 3.08. The topological polar surface area (TPSA) is 50.7 Å². The van der Waals surface area contributed by atoms with Crippen LogP contribution in [-0.4, -0.2) is 53.9 Å². The molecule has 1 saturated heterocycles. The lowest BCUT2D eigenvalue weighted by Gasteiger charge is -2.39. The molecule has 2 aromatic carbocycles. The van der Waals surface area contributed by atoms with Gasteiger partial charge in [-0.3, -0.25) is 0 Å². The van der Waals surface area contributed by atoms with E-state index in [1.165, 1.54) is 42.0 Å². The van der Waals surface area contributed by atoms with Crippen LogP contribution in [-0.2, 0) is 29.8 Å². The summed E-state index contributed by atoms with van der Waals surface area (Å²) in [6.45, 7) is 5.54. The molecule has 0 bridgehead atoms. The Morgan fingerprint density at radius 3 is 1.94 bits per heavy atom. The number of nitrogens with zero attached hydrogens (tertiary/aromatic N) is 4. The molecule has 6 nitrogen and oxygen atoms in total. The molecule has 0 saturated carbocycles. The molecule has 47 heavy (non-hydrogen) atoms. The lowest BCUT2D eigenvalue weighted by atomic mass is 9.98. The quantitative estimate of drug-likeness (QED) is 0.155. The van der Waals surface area contributed by atoms with Gasteiger partial charge in [0.1, 0.15) is 0 Å².